The summed E-state index contributed by atoms with van der Waals surface area (Å²) in [4.78, 5) is 0. The Labute approximate surface area is 81.4 Å². The topological polar surface area (TPSA) is 52.0 Å². The fraction of sp³-hybridized carbons (Fsp3) is 0.250. The maximum absolute atomic E-state index is 5.80. The summed E-state index contributed by atoms with van der Waals surface area (Å²) >= 11 is 11.6. The van der Waals surface area contributed by atoms with Crippen molar-refractivity contribution in [3.63, 3.8) is 0 Å². The van der Waals surface area contributed by atoms with Gasteiger partial charge < -0.3 is 11.5 Å². The molecular weight excluding hydrogens is 195 g/mol. The molecule has 0 aliphatic heterocycles. The molecule has 0 fully saturated rings. The SMILES string of the molecule is C[C@@H](N)c1cc(Cl)c(N)c(Cl)c1. The second-order valence-corrected chi connectivity index (χ2v) is 3.50. The Bertz CT molecular complexity index is 274. The summed E-state index contributed by atoms with van der Waals surface area (Å²) in [7, 11) is 0. The molecule has 12 heavy (non-hydrogen) atoms. The normalized spacial score (nSPS) is 13.0. The van der Waals surface area contributed by atoms with Gasteiger partial charge in [0, 0.05) is 6.04 Å². The first kappa shape index (κ1) is 9.65. The number of rotatable bonds is 1. The summed E-state index contributed by atoms with van der Waals surface area (Å²) in [6, 6.07) is 3.38. The van der Waals surface area contributed by atoms with Gasteiger partial charge in [0.05, 0.1) is 15.7 Å². The minimum absolute atomic E-state index is 0.0828. The molecule has 0 radical (unpaired) electrons. The van der Waals surface area contributed by atoms with Crippen molar-refractivity contribution in [1.82, 2.24) is 0 Å². The van der Waals surface area contributed by atoms with Crippen LogP contribution >= 0.6 is 23.2 Å². The molecule has 0 unspecified atom stereocenters. The van der Waals surface area contributed by atoms with Gasteiger partial charge in [-0.3, -0.25) is 0 Å². The zero-order valence-corrected chi connectivity index (χ0v) is 8.15. The molecule has 0 bridgehead atoms. The van der Waals surface area contributed by atoms with Gasteiger partial charge in [0.1, 0.15) is 0 Å². The molecule has 0 spiro atoms. The molecule has 4 heteroatoms. The van der Waals surface area contributed by atoms with Gasteiger partial charge in [-0.2, -0.15) is 0 Å². The lowest BCUT2D eigenvalue weighted by Gasteiger charge is -2.08. The minimum Gasteiger partial charge on any atom is -0.396 e. The summed E-state index contributed by atoms with van der Waals surface area (Å²) < 4.78 is 0. The van der Waals surface area contributed by atoms with Crippen LogP contribution in [0.4, 0.5) is 5.69 Å². The Balaban J connectivity index is 3.21. The number of hydrogen-bond donors (Lipinski definition) is 2. The molecule has 0 aliphatic carbocycles. The van der Waals surface area contributed by atoms with E-state index in [0.717, 1.165) is 5.56 Å². The monoisotopic (exact) mass is 204 g/mol. The molecule has 0 amide bonds. The van der Waals surface area contributed by atoms with Gasteiger partial charge in [-0.25, -0.2) is 0 Å². The maximum Gasteiger partial charge on any atom is 0.0693 e. The lowest BCUT2D eigenvalue weighted by molar-refractivity contribution is 0.818. The van der Waals surface area contributed by atoms with Gasteiger partial charge in [0.15, 0.2) is 0 Å². The minimum atomic E-state index is -0.0828. The highest BCUT2D eigenvalue weighted by Crippen LogP contribution is 2.30. The average Bonchev–Trinajstić information content (AvgIpc) is 1.99. The molecule has 1 aromatic rings. The fourth-order valence-corrected chi connectivity index (χ4v) is 1.37. The quantitative estimate of drug-likeness (QED) is 0.692. The van der Waals surface area contributed by atoms with Crippen LogP contribution in [0, 0.1) is 0 Å². The average molecular weight is 205 g/mol. The smallest absolute Gasteiger partial charge is 0.0693 e. The van der Waals surface area contributed by atoms with E-state index >= 15 is 0 Å². The number of nitrogen functional groups attached to an aromatic ring is 1. The molecule has 1 aromatic carbocycles. The molecule has 66 valence electrons. The van der Waals surface area contributed by atoms with Crippen molar-refractivity contribution in [2.24, 2.45) is 5.73 Å². The van der Waals surface area contributed by atoms with E-state index in [9.17, 15) is 0 Å². The van der Waals surface area contributed by atoms with Crippen LogP contribution in [-0.2, 0) is 0 Å². The molecule has 0 heterocycles. The van der Waals surface area contributed by atoms with Crippen molar-refractivity contribution in [2.75, 3.05) is 5.73 Å². The molecule has 1 atom stereocenters. The van der Waals surface area contributed by atoms with Crippen LogP contribution in [0.25, 0.3) is 0 Å². The highest BCUT2D eigenvalue weighted by molar-refractivity contribution is 6.38. The molecule has 0 saturated carbocycles. The number of nitrogens with two attached hydrogens (primary N) is 2. The molecule has 2 nitrogen and oxygen atoms in total. The predicted molar refractivity (Wildman–Crippen MR) is 53.5 cm³/mol. The highest BCUT2D eigenvalue weighted by Gasteiger charge is 2.06. The van der Waals surface area contributed by atoms with Crippen LogP contribution in [0.1, 0.15) is 18.5 Å². The van der Waals surface area contributed by atoms with Crippen LogP contribution in [0.5, 0.6) is 0 Å². The maximum atomic E-state index is 5.80. The third kappa shape index (κ3) is 1.83. The number of anilines is 1. The first-order valence-electron chi connectivity index (χ1n) is 3.52. The van der Waals surface area contributed by atoms with Crippen LogP contribution in [0.15, 0.2) is 12.1 Å². The van der Waals surface area contributed by atoms with Crippen molar-refractivity contribution in [3.05, 3.63) is 27.7 Å². The van der Waals surface area contributed by atoms with Crippen LogP contribution in [0.3, 0.4) is 0 Å². The van der Waals surface area contributed by atoms with Crippen LogP contribution < -0.4 is 11.5 Å². The van der Waals surface area contributed by atoms with Crippen LogP contribution in [-0.4, -0.2) is 0 Å². The van der Waals surface area contributed by atoms with E-state index in [4.69, 9.17) is 34.7 Å². The number of benzene rings is 1. The Morgan fingerprint density at radius 1 is 1.25 bits per heavy atom. The Hall–Kier alpha value is -0.440. The summed E-state index contributed by atoms with van der Waals surface area (Å²) in [5.74, 6) is 0. The Morgan fingerprint density at radius 2 is 1.67 bits per heavy atom. The predicted octanol–water partition coefficient (Wildman–Crippen LogP) is 2.60. The second kappa shape index (κ2) is 3.52. The zero-order chi connectivity index (χ0) is 9.30. The molecule has 0 aliphatic rings. The van der Waals surface area contributed by atoms with E-state index in [1.165, 1.54) is 0 Å². The van der Waals surface area contributed by atoms with Gasteiger partial charge in [-0.1, -0.05) is 23.2 Å². The van der Waals surface area contributed by atoms with E-state index in [1.807, 2.05) is 6.92 Å². The van der Waals surface area contributed by atoms with E-state index in [2.05, 4.69) is 0 Å². The third-order valence-electron chi connectivity index (χ3n) is 1.63. The van der Waals surface area contributed by atoms with Crippen molar-refractivity contribution in [3.8, 4) is 0 Å². The van der Waals surface area contributed by atoms with Crippen LogP contribution in [0.2, 0.25) is 10.0 Å². The van der Waals surface area contributed by atoms with Gasteiger partial charge in [-0.05, 0) is 24.6 Å². The molecule has 4 N–H and O–H groups in total. The Morgan fingerprint density at radius 3 is 2.00 bits per heavy atom. The van der Waals surface area contributed by atoms with E-state index in [-0.39, 0.29) is 6.04 Å². The number of hydrogen-bond acceptors (Lipinski definition) is 2. The zero-order valence-electron chi connectivity index (χ0n) is 6.64. The molecule has 1 rings (SSSR count). The van der Waals surface area contributed by atoms with Gasteiger partial charge in [-0.15, -0.1) is 0 Å². The second-order valence-electron chi connectivity index (χ2n) is 2.69. The fourth-order valence-electron chi connectivity index (χ4n) is 0.867. The first-order valence-corrected chi connectivity index (χ1v) is 4.28. The first-order chi connectivity index (χ1) is 5.52. The van der Waals surface area contributed by atoms with E-state index < -0.39 is 0 Å². The lowest BCUT2D eigenvalue weighted by Crippen LogP contribution is -2.05. The molecular formula is C8H10Cl2N2. The summed E-state index contributed by atoms with van der Waals surface area (Å²) in [5.41, 5.74) is 12.5. The highest BCUT2D eigenvalue weighted by atomic mass is 35.5. The van der Waals surface area contributed by atoms with Crippen molar-refractivity contribution in [2.45, 2.75) is 13.0 Å². The standard InChI is InChI=1S/C8H10Cl2N2/c1-4(11)5-2-6(9)8(12)7(10)3-5/h2-4H,11-12H2,1H3/t4-/m1/s1. The van der Waals surface area contributed by atoms with Crippen molar-refractivity contribution < 1.29 is 0 Å². The number of halogens is 2. The summed E-state index contributed by atoms with van der Waals surface area (Å²) in [6.07, 6.45) is 0. The van der Waals surface area contributed by atoms with Gasteiger partial charge in [0.25, 0.3) is 0 Å². The van der Waals surface area contributed by atoms with Gasteiger partial charge in [0.2, 0.25) is 0 Å². The third-order valence-corrected chi connectivity index (χ3v) is 2.25. The van der Waals surface area contributed by atoms with E-state index in [0.29, 0.717) is 15.7 Å². The van der Waals surface area contributed by atoms with Crippen molar-refractivity contribution >= 4 is 28.9 Å². The molecule has 0 saturated heterocycles. The van der Waals surface area contributed by atoms with Gasteiger partial charge >= 0.3 is 0 Å². The summed E-state index contributed by atoms with van der Waals surface area (Å²) in [6.45, 7) is 1.86. The largest absolute Gasteiger partial charge is 0.396 e. The lowest BCUT2D eigenvalue weighted by atomic mass is 10.1. The summed E-state index contributed by atoms with van der Waals surface area (Å²) in [5, 5.41) is 0.907. The molecule has 0 aromatic heterocycles. The van der Waals surface area contributed by atoms with E-state index in [1.54, 1.807) is 12.1 Å². The van der Waals surface area contributed by atoms with Crippen molar-refractivity contribution in [1.29, 1.82) is 0 Å². The Kier molecular flexibility index (Phi) is 2.83.